The first-order valence-electron chi connectivity index (χ1n) is 10.1. The minimum absolute atomic E-state index is 0.0251. The summed E-state index contributed by atoms with van der Waals surface area (Å²) in [4.78, 5) is 28.0. The van der Waals surface area contributed by atoms with Crippen molar-refractivity contribution in [3.05, 3.63) is 59.7 Å². The number of piperazine rings is 1. The molecule has 29 heavy (non-hydrogen) atoms. The molecule has 0 saturated carbocycles. The van der Waals surface area contributed by atoms with Gasteiger partial charge in [0, 0.05) is 37.4 Å². The van der Waals surface area contributed by atoms with Gasteiger partial charge in [-0.15, -0.1) is 0 Å². The molecule has 0 bridgehead atoms. The lowest BCUT2D eigenvalue weighted by atomic mass is 10.1. The highest BCUT2D eigenvalue weighted by molar-refractivity contribution is 5.94. The average Bonchev–Trinajstić information content (AvgIpc) is 2.72. The number of amides is 1. The number of carbonyl (C=O) groups excluding carboxylic acids is 2. The van der Waals surface area contributed by atoms with Crippen molar-refractivity contribution < 1.29 is 14.3 Å². The number of Topliss-reactive ketones (excluding diaryl/α,β-unsaturated/α-hetero) is 1. The summed E-state index contributed by atoms with van der Waals surface area (Å²) >= 11 is 0. The molecule has 2 aromatic rings. The Balaban J connectivity index is 1.34. The molecule has 0 aromatic heterocycles. The van der Waals surface area contributed by atoms with Gasteiger partial charge in [-0.05, 0) is 55.8 Å². The first-order chi connectivity index (χ1) is 14.0. The Bertz CT molecular complexity index is 828. The van der Waals surface area contributed by atoms with Crippen LogP contribution in [-0.2, 0) is 4.79 Å². The van der Waals surface area contributed by atoms with Gasteiger partial charge in [0.2, 0.25) is 5.91 Å². The van der Waals surface area contributed by atoms with Gasteiger partial charge in [0.25, 0.3) is 0 Å². The van der Waals surface area contributed by atoms with Crippen molar-refractivity contribution in [2.24, 2.45) is 0 Å². The van der Waals surface area contributed by atoms with E-state index in [1.54, 1.807) is 6.92 Å². The number of rotatable bonds is 8. The van der Waals surface area contributed by atoms with Crippen molar-refractivity contribution >= 4 is 17.4 Å². The van der Waals surface area contributed by atoms with Crippen LogP contribution in [0.5, 0.6) is 5.75 Å². The molecule has 1 aliphatic heterocycles. The molecule has 2 aromatic carbocycles. The van der Waals surface area contributed by atoms with Crippen molar-refractivity contribution in [2.75, 3.05) is 50.8 Å². The first-order valence-corrected chi connectivity index (χ1v) is 10.1. The highest BCUT2D eigenvalue weighted by Crippen LogP contribution is 2.17. The fourth-order valence-electron chi connectivity index (χ4n) is 3.39. The molecule has 0 aliphatic carbocycles. The average molecular weight is 396 g/mol. The lowest BCUT2D eigenvalue weighted by Gasteiger charge is -2.35. The molecule has 1 fully saturated rings. The Labute approximate surface area is 172 Å². The monoisotopic (exact) mass is 395 g/mol. The molecule has 0 unspecified atom stereocenters. The first kappa shape index (κ1) is 20.9. The maximum Gasteiger partial charge on any atom is 0.234 e. The lowest BCUT2D eigenvalue weighted by Crippen LogP contribution is -2.49. The molecule has 1 heterocycles. The number of hydrogen-bond donors (Lipinski definition) is 1. The van der Waals surface area contributed by atoms with Gasteiger partial charge < -0.3 is 15.0 Å². The number of benzene rings is 2. The van der Waals surface area contributed by atoms with E-state index in [4.69, 9.17) is 4.74 Å². The Kier molecular flexibility index (Phi) is 7.25. The van der Waals surface area contributed by atoms with Crippen molar-refractivity contribution in [1.82, 2.24) is 10.2 Å². The van der Waals surface area contributed by atoms with Gasteiger partial charge in [0.05, 0.1) is 13.1 Å². The Hall–Kier alpha value is -2.86. The highest BCUT2D eigenvalue weighted by atomic mass is 16.5. The summed E-state index contributed by atoms with van der Waals surface area (Å²) in [6.45, 7) is 8.36. The summed E-state index contributed by atoms with van der Waals surface area (Å²) in [7, 11) is 0. The summed E-state index contributed by atoms with van der Waals surface area (Å²) in [6, 6.07) is 15.6. The normalized spacial score (nSPS) is 14.5. The number of anilines is 1. The van der Waals surface area contributed by atoms with Gasteiger partial charge in [0.1, 0.15) is 12.4 Å². The standard InChI is InChI=1S/C23H29N3O3/c1-18-4-3-5-22(16-18)29-15-10-24-23(28)17-25-11-13-26(14-12-25)21-8-6-20(7-9-21)19(2)27/h3-9,16H,10-15,17H2,1-2H3,(H,24,28). The Morgan fingerprint density at radius 3 is 2.41 bits per heavy atom. The van der Waals surface area contributed by atoms with Crippen molar-refractivity contribution in [3.63, 3.8) is 0 Å². The van der Waals surface area contributed by atoms with Crippen LogP contribution in [0.3, 0.4) is 0 Å². The number of aryl methyl sites for hydroxylation is 1. The fraction of sp³-hybridized carbons (Fsp3) is 0.391. The molecule has 154 valence electrons. The van der Waals surface area contributed by atoms with E-state index in [9.17, 15) is 9.59 Å². The minimum Gasteiger partial charge on any atom is -0.492 e. The molecule has 0 radical (unpaired) electrons. The molecule has 1 N–H and O–H groups in total. The number of ether oxygens (including phenoxy) is 1. The van der Waals surface area contributed by atoms with Crippen LogP contribution in [0, 0.1) is 6.92 Å². The molecular weight excluding hydrogens is 366 g/mol. The molecule has 6 nitrogen and oxygen atoms in total. The van der Waals surface area contributed by atoms with Gasteiger partial charge in [-0.25, -0.2) is 0 Å². The van der Waals surface area contributed by atoms with Gasteiger partial charge in [-0.1, -0.05) is 12.1 Å². The zero-order chi connectivity index (χ0) is 20.6. The second-order valence-corrected chi connectivity index (χ2v) is 7.38. The summed E-state index contributed by atoms with van der Waals surface area (Å²) in [6.07, 6.45) is 0. The lowest BCUT2D eigenvalue weighted by molar-refractivity contribution is -0.122. The van der Waals surface area contributed by atoms with E-state index in [1.165, 1.54) is 0 Å². The Morgan fingerprint density at radius 2 is 1.76 bits per heavy atom. The molecule has 3 rings (SSSR count). The smallest absolute Gasteiger partial charge is 0.234 e. The van der Waals surface area contributed by atoms with Gasteiger partial charge >= 0.3 is 0 Å². The topological polar surface area (TPSA) is 61.9 Å². The van der Waals surface area contributed by atoms with Crippen LogP contribution in [0.1, 0.15) is 22.8 Å². The molecule has 6 heteroatoms. The fourth-order valence-corrected chi connectivity index (χ4v) is 3.39. The van der Waals surface area contributed by atoms with E-state index in [0.717, 1.165) is 48.7 Å². The van der Waals surface area contributed by atoms with Crippen LogP contribution >= 0.6 is 0 Å². The van der Waals surface area contributed by atoms with Crippen molar-refractivity contribution in [2.45, 2.75) is 13.8 Å². The summed E-state index contributed by atoms with van der Waals surface area (Å²) < 4.78 is 5.66. The molecule has 0 spiro atoms. The predicted molar refractivity (Wildman–Crippen MR) is 115 cm³/mol. The Morgan fingerprint density at radius 1 is 1.03 bits per heavy atom. The van der Waals surface area contributed by atoms with Crippen molar-refractivity contribution in [1.29, 1.82) is 0 Å². The molecule has 1 amide bonds. The largest absolute Gasteiger partial charge is 0.492 e. The van der Waals surface area contributed by atoms with E-state index >= 15 is 0 Å². The zero-order valence-electron chi connectivity index (χ0n) is 17.2. The van der Waals surface area contributed by atoms with E-state index < -0.39 is 0 Å². The predicted octanol–water partition coefficient (Wildman–Crippen LogP) is 2.51. The van der Waals surface area contributed by atoms with Crippen LogP contribution in [-0.4, -0.2) is 62.5 Å². The number of nitrogens with one attached hydrogen (secondary N) is 1. The van der Waals surface area contributed by atoms with Crippen molar-refractivity contribution in [3.8, 4) is 5.75 Å². The van der Waals surface area contributed by atoms with Crippen LogP contribution < -0.4 is 15.0 Å². The molecule has 1 aliphatic rings. The molecule has 0 atom stereocenters. The quantitative estimate of drug-likeness (QED) is 0.550. The number of carbonyl (C=O) groups is 2. The van der Waals surface area contributed by atoms with E-state index in [-0.39, 0.29) is 11.7 Å². The maximum atomic E-state index is 12.2. The third-order valence-corrected chi connectivity index (χ3v) is 5.06. The number of ketones is 1. The van der Waals surface area contributed by atoms with Gasteiger partial charge in [-0.3, -0.25) is 14.5 Å². The van der Waals surface area contributed by atoms with E-state index in [2.05, 4.69) is 15.1 Å². The third kappa shape index (κ3) is 6.32. The maximum absolute atomic E-state index is 12.2. The van der Waals surface area contributed by atoms with E-state index in [1.807, 2.05) is 55.5 Å². The summed E-state index contributed by atoms with van der Waals surface area (Å²) in [5.41, 5.74) is 3.00. The molecule has 1 saturated heterocycles. The summed E-state index contributed by atoms with van der Waals surface area (Å²) in [5.74, 6) is 0.931. The van der Waals surface area contributed by atoms with Crippen LogP contribution in [0.15, 0.2) is 48.5 Å². The number of nitrogens with zero attached hydrogens (tertiary/aromatic N) is 2. The van der Waals surface area contributed by atoms with E-state index in [0.29, 0.717) is 19.7 Å². The SMILES string of the molecule is CC(=O)c1ccc(N2CCN(CC(=O)NCCOc3cccc(C)c3)CC2)cc1. The zero-order valence-corrected chi connectivity index (χ0v) is 17.2. The van der Waals surface area contributed by atoms with Crippen LogP contribution in [0.25, 0.3) is 0 Å². The van der Waals surface area contributed by atoms with Gasteiger partial charge in [0.15, 0.2) is 5.78 Å². The third-order valence-electron chi connectivity index (χ3n) is 5.06. The van der Waals surface area contributed by atoms with Crippen LogP contribution in [0.2, 0.25) is 0 Å². The molecular formula is C23H29N3O3. The summed E-state index contributed by atoms with van der Waals surface area (Å²) in [5, 5.41) is 2.92. The van der Waals surface area contributed by atoms with Crippen LogP contribution in [0.4, 0.5) is 5.69 Å². The minimum atomic E-state index is 0.0251. The number of hydrogen-bond acceptors (Lipinski definition) is 5. The second-order valence-electron chi connectivity index (χ2n) is 7.38. The highest BCUT2D eigenvalue weighted by Gasteiger charge is 2.19. The second kappa shape index (κ2) is 10.1. The van der Waals surface area contributed by atoms with Gasteiger partial charge in [-0.2, -0.15) is 0 Å².